The number of hydrogen-bond acceptors (Lipinski definition) is 4. The summed E-state index contributed by atoms with van der Waals surface area (Å²) in [6.07, 6.45) is 1.38. The number of ether oxygens (including phenoxy) is 2. The Labute approximate surface area is 166 Å². The topological polar surface area (TPSA) is 59.9 Å². The molecular formula is C18H17Cl3N2O3. The molecule has 0 atom stereocenters. The molecule has 26 heavy (non-hydrogen) atoms. The number of hydrazone groups is 1. The lowest BCUT2D eigenvalue weighted by atomic mass is 10.2. The van der Waals surface area contributed by atoms with Gasteiger partial charge in [-0.1, -0.05) is 34.8 Å². The molecule has 8 heteroatoms. The largest absolute Gasteiger partial charge is 0.493 e. The first-order valence-corrected chi connectivity index (χ1v) is 8.78. The number of amides is 1. The molecular weight excluding hydrogens is 399 g/mol. The van der Waals surface area contributed by atoms with Crippen molar-refractivity contribution in [2.24, 2.45) is 5.10 Å². The monoisotopic (exact) mass is 414 g/mol. The van der Waals surface area contributed by atoms with Gasteiger partial charge in [-0.25, -0.2) is 5.43 Å². The van der Waals surface area contributed by atoms with E-state index in [4.69, 9.17) is 44.3 Å². The van der Waals surface area contributed by atoms with Crippen LogP contribution in [0, 0.1) is 0 Å². The molecule has 0 radical (unpaired) electrons. The van der Waals surface area contributed by atoms with Gasteiger partial charge in [0.1, 0.15) is 0 Å². The summed E-state index contributed by atoms with van der Waals surface area (Å²) in [6.45, 7) is 3.78. The average molecular weight is 416 g/mol. The Hall–Kier alpha value is -1.95. The highest BCUT2D eigenvalue weighted by atomic mass is 35.5. The first-order valence-electron chi connectivity index (χ1n) is 7.64. The fraction of sp³-hybridized carbons (Fsp3) is 0.222. The lowest BCUT2D eigenvalue weighted by Crippen LogP contribution is -2.18. The number of nitrogens with zero attached hydrogens (tertiary/aromatic N) is 1. The van der Waals surface area contributed by atoms with Crippen molar-refractivity contribution >= 4 is 46.9 Å². The molecule has 0 aromatic heterocycles. The fourth-order valence-electron chi connectivity index (χ4n) is 2.06. The molecule has 0 spiro atoms. The molecule has 1 N–H and O–H groups in total. The van der Waals surface area contributed by atoms with Gasteiger partial charge >= 0.3 is 0 Å². The fourth-order valence-corrected chi connectivity index (χ4v) is 2.70. The van der Waals surface area contributed by atoms with Gasteiger partial charge in [-0.3, -0.25) is 4.79 Å². The Morgan fingerprint density at radius 3 is 2.54 bits per heavy atom. The maximum absolute atomic E-state index is 12.1. The number of methoxy groups -OCH3 is 1. The van der Waals surface area contributed by atoms with Crippen LogP contribution in [0.15, 0.2) is 35.4 Å². The number of carbonyl (C=O) groups is 1. The van der Waals surface area contributed by atoms with Gasteiger partial charge in [0.2, 0.25) is 0 Å². The number of nitrogens with one attached hydrogen (secondary N) is 1. The van der Waals surface area contributed by atoms with Gasteiger partial charge in [-0.2, -0.15) is 5.10 Å². The zero-order valence-electron chi connectivity index (χ0n) is 14.3. The van der Waals surface area contributed by atoms with Crippen molar-refractivity contribution in [1.82, 2.24) is 5.43 Å². The van der Waals surface area contributed by atoms with E-state index in [-0.39, 0.29) is 16.7 Å². The predicted octanol–water partition coefficient (Wildman–Crippen LogP) is 5.21. The lowest BCUT2D eigenvalue weighted by Gasteiger charge is -2.15. The predicted molar refractivity (Wildman–Crippen MR) is 105 cm³/mol. The molecule has 0 unspecified atom stereocenters. The molecule has 138 valence electrons. The van der Waals surface area contributed by atoms with Gasteiger partial charge in [-0.05, 0) is 49.7 Å². The summed E-state index contributed by atoms with van der Waals surface area (Å²) >= 11 is 18.1. The molecule has 2 aromatic rings. The molecule has 2 aromatic carbocycles. The highest BCUT2D eigenvalue weighted by Gasteiger charge is 2.13. The van der Waals surface area contributed by atoms with Gasteiger partial charge < -0.3 is 9.47 Å². The Morgan fingerprint density at radius 1 is 1.15 bits per heavy atom. The van der Waals surface area contributed by atoms with Crippen molar-refractivity contribution in [1.29, 1.82) is 0 Å². The minimum Gasteiger partial charge on any atom is -0.493 e. The van der Waals surface area contributed by atoms with Crippen molar-refractivity contribution in [3.8, 4) is 11.5 Å². The van der Waals surface area contributed by atoms with Crippen LogP contribution in [0.3, 0.4) is 0 Å². The van der Waals surface area contributed by atoms with Gasteiger partial charge in [-0.15, -0.1) is 0 Å². The van der Waals surface area contributed by atoms with Gasteiger partial charge in [0.05, 0.1) is 35.0 Å². The summed E-state index contributed by atoms with van der Waals surface area (Å²) < 4.78 is 11.0. The third-order valence-electron chi connectivity index (χ3n) is 3.16. The van der Waals surface area contributed by atoms with E-state index in [2.05, 4.69) is 10.5 Å². The summed E-state index contributed by atoms with van der Waals surface area (Å²) in [5, 5.41) is 4.98. The van der Waals surface area contributed by atoms with Gasteiger partial charge in [0.15, 0.2) is 11.5 Å². The van der Waals surface area contributed by atoms with E-state index in [0.717, 1.165) is 0 Å². The van der Waals surface area contributed by atoms with Crippen LogP contribution in [0.1, 0.15) is 29.8 Å². The van der Waals surface area contributed by atoms with Crippen LogP contribution in [-0.4, -0.2) is 25.3 Å². The molecule has 0 aliphatic carbocycles. The van der Waals surface area contributed by atoms with Crippen LogP contribution in [0.25, 0.3) is 0 Å². The second kappa shape index (κ2) is 9.12. The maximum Gasteiger partial charge on any atom is 0.272 e. The van der Waals surface area contributed by atoms with Crippen molar-refractivity contribution < 1.29 is 14.3 Å². The summed E-state index contributed by atoms with van der Waals surface area (Å²) in [7, 11) is 1.52. The second-order valence-electron chi connectivity index (χ2n) is 5.52. The normalized spacial score (nSPS) is 11.0. The van der Waals surface area contributed by atoms with Crippen LogP contribution < -0.4 is 14.9 Å². The molecule has 2 rings (SSSR count). The molecule has 5 nitrogen and oxygen atoms in total. The minimum atomic E-state index is -0.480. The average Bonchev–Trinajstić information content (AvgIpc) is 2.58. The van der Waals surface area contributed by atoms with E-state index in [1.165, 1.54) is 19.4 Å². The zero-order chi connectivity index (χ0) is 19.3. The lowest BCUT2D eigenvalue weighted by molar-refractivity contribution is 0.0955. The molecule has 0 fully saturated rings. The highest BCUT2D eigenvalue weighted by molar-refractivity contribution is 6.35. The summed E-state index contributed by atoms with van der Waals surface area (Å²) in [6, 6.07) is 7.96. The van der Waals surface area contributed by atoms with E-state index in [9.17, 15) is 4.79 Å². The second-order valence-corrected chi connectivity index (χ2v) is 6.77. The van der Waals surface area contributed by atoms with E-state index >= 15 is 0 Å². The number of halogens is 3. The first kappa shape index (κ1) is 20.4. The highest BCUT2D eigenvalue weighted by Crippen LogP contribution is 2.36. The smallest absolute Gasteiger partial charge is 0.272 e. The quantitative estimate of drug-likeness (QED) is 0.520. The van der Waals surface area contributed by atoms with Crippen molar-refractivity contribution in [3.05, 3.63) is 56.5 Å². The summed E-state index contributed by atoms with van der Waals surface area (Å²) in [5.74, 6) is 0.444. The van der Waals surface area contributed by atoms with Crippen LogP contribution in [0.2, 0.25) is 15.1 Å². The number of benzene rings is 2. The molecule has 0 aliphatic rings. The Balaban J connectivity index is 2.16. The van der Waals surface area contributed by atoms with Gasteiger partial charge in [0, 0.05) is 5.02 Å². The first-order chi connectivity index (χ1) is 12.3. The third kappa shape index (κ3) is 5.27. The van der Waals surface area contributed by atoms with E-state index in [0.29, 0.717) is 27.1 Å². The van der Waals surface area contributed by atoms with Gasteiger partial charge in [0.25, 0.3) is 5.91 Å². The molecule has 0 heterocycles. The van der Waals surface area contributed by atoms with E-state index < -0.39 is 5.91 Å². The molecule has 0 saturated heterocycles. The zero-order valence-corrected chi connectivity index (χ0v) is 16.6. The Kier molecular flexibility index (Phi) is 7.14. The van der Waals surface area contributed by atoms with Crippen LogP contribution in [0.4, 0.5) is 0 Å². The number of rotatable bonds is 6. The molecule has 1 amide bonds. The number of hydrogen-bond donors (Lipinski definition) is 1. The van der Waals surface area contributed by atoms with E-state index in [1.54, 1.807) is 24.3 Å². The number of carbonyl (C=O) groups excluding carboxylic acids is 1. The molecule has 0 saturated carbocycles. The Bertz CT molecular complexity index is 839. The van der Waals surface area contributed by atoms with Crippen molar-refractivity contribution in [3.63, 3.8) is 0 Å². The van der Waals surface area contributed by atoms with E-state index in [1.807, 2.05) is 13.8 Å². The van der Waals surface area contributed by atoms with Crippen LogP contribution >= 0.6 is 34.8 Å². The molecule has 0 aliphatic heterocycles. The summed E-state index contributed by atoms with van der Waals surface area (Å²) in [5.41, 5.74) is 3.25. The summed E-state index contributed by atoms with van der Waals surface area (Å²) in [4.78, 5) is 12.1. The SMILES string of the molecule is COc1cc(/C=N\NC(=O)c2cc(Cl)ccc2Cl)cc(Cl)c1OC(C)C. The van der Waals surface area contributed by atoms with Crippen molar-refractivity contribution in [2.45, 2.75) is 20.0 Å². The third-order valence-corrected chi connectivity index (χ3v) is 4.00. The maximum atomic E-state index is 12.1. The minimum absolute atomic E-state index is 0.0531. The van der Waals surface area contributed by atoms with Crippen LogP contribution in [-0.2, 0) is 0 Å². The standard InChI is InChI=1S/C18H17Cl3N2O3/c1-10(2)26-17-15(21)6-11(7-16(17)25-3)9-22-23-18(24)13-8-12(19)4-5-14(13)20/h4-10H,1-3H3,(H,23,24)/b22-9-. The Morgan fingerprint density at radius 2 is 1.88 bits per heavy atom. The molecule has 0 bridgehead atoms. The van der Waals surface area contributed by atoms with Crippen LogP contribution in [0.5, 0.6) is 11.5 Å². The van der Waals surface area contributed by atoms with Crippen molar-refractivity contribution in [2.75, 3.05) is 7.11 Å².